The van der Waals surface area contributed by atoms with Crippen LogP contribution in [0.4, 0.5) is 0 Å². The van der Waals surface area contributed by atoms with Gasteiger partial charge in [0.1, 0.15) is 0 Å². The summed E-state index contributed by atoms with van der Waals surface area (Å²) in [6.07, 6.45) is 2.93. The van der Waals surface area contributed by atoms with Gasteiger partial charge in [0, 0.05) is 19.6 Å². The van der Waals surface area contributed by atoms with E-state index >= 15 is 0 Å². The first-order valence-corrected chi connectivity index (χ1v) is 8.62. The van der Waals surface area contributed by atoms with Gasteiger partial charge >= 0.3 is 0 Å². The van der Waals surface area contributed by atoms with Gasteiger partial charge in [-0.1, -0.05) is 25.0 Å². The summed E-state index contributed by atoms with van der Waals surface area (Å²) in [5, 5.41) is 7.59. The Labute approximate surface area is 123 Å². The Morgan fingerprint density at radius 2 is 2.00 bits per heavy atom. The molecule has 0 spiro atoms. The lowest BCUT2D eigenvalue weighted by atomic mass is 10.2. The summed E-state index contributed by atoms with van der Waals surface area (Å²) in [6, 6.07) is -0.0938. The Balaban J connectivity index is 3.07. The van der Waals surface area contributed by atoms with Crippen LogP contribution >= 0.6 is 15.9 Å². The lowest BCUT2D eigenvalue weighted by molar-refractivity contribution is 0.342. The van der Waals surface area contributed by atoms with Crippen LogP contribution in [0, 0.1) is 0 Å². The number of aryl methyl sites for hydroxylation is 1. The van der Waals surface area contributed by atoms with E-state index in [9.17, 15) is 8.42 Å². The molecule has 0 aromatic carbocycles. The summed E-state index contributed by atoms with van der Waals surface area (Å²) in [5.41, 5.74) is 0. The van der Waals surface area contributed by atoms with Crippen molar-refractivity contribution in [1.29, 1.82) is 0 Å². The Morgan fingerprint density at radius 1 is 1.37 bits per heavy atom. The van der Waals surface area contributed by atoms with E-state index in [1.54, 1.807) is 7.05 Å². The number of nitrogens with zero attached hydrogens (tertiary/aromatic N) is 4. The van der Waals surface area contributed by atoms with Gasteiger partial charge in [-0.2, -0.15) is 4.31 Å². The second kappa shape index (κ2) is 6.81. The fourth-order valence-corrected chi connectivity index (χ4v) is 4.59. The maximum atomic E-state index is 12.7. The van der Waals surface area contributed by atoms with Crippen molar-refractivity contribution in [1.82, 2.24) is 19.3 Å². The van der Waals surface area contributed by atoms with E-state index in [4.69, 9.17) is 0 Å². The van der Waals surface area contributed by atoms with Gasteiger partial charge in [0.25, 0.3) is 10.0 Å². The molecule has 0 aliphatic heterocycles. The monoisotopic (exact) mass is 352 g/mol. The van der Waals surface area contributed by atoms with E-state index in [-0.39, 0.29) is 15.7 Å². The number of sulfonamides is 1. The Bertz CT molecular complexity index is 493. The molecule has 19 heavy (non-hydrogen) atoms. The predicted octanol–water partition coefficient (Wildman–Crippen LogP) is 2.17. The zero-order valence-corrected chi connectivity index (χ0v) is 14.2. The van der Waals surface area contributed by atoms with E-state index in [1.165, 1.54) is 8.99 Å². The maximum Gasteiger partial charge on any atom is 0.263 e. The second-order valence-electron chi connectivity index (χ2n) is 4.73. The highest BCUT2D eigenvalue weighted by molar-refractivity contribution is 9.10. The standard InChI is InChI=1S/C11H21BrN4O2S/c1-5-6-7-8-16(9(2)3)19(17,18)11-10(12)13-14-15(11)4/h9H,5-8H2,1-4H3. The van der Waals surface area contributed by atoms with E-state index in [0.29, 0.717) is 6.54 Å². The number of aromatic nitrogens is 3. The van der Waals surface area contributed by atoms with E-state index in [0.717, 1.165) is 19.3 Å². The van der Waals surface area contributed by atoms with Gasteiger partial charge in [-0.3, -0.25) is 0 Å². The van der Waals surface area contributed by atoms with Crippen LogP contribution in [0.3, 0.4) is 0 Å². The molecule has 8 heteroatoms. The molecular formula is C11H21BrN4O2S. The first-order valence-electron chi connectivity index (χ1n) is 6.39. The maximum absolute atomic E-state index is 12.7. The molecule has 1 heterocycles. The summed E-state index contributed by atoms with van der Waals surface area (Å²) in [5.74, 6) is 0. The summed E-state index contributed by atoms with van der Waals surface area (Å²) in [7, 11) is -2.00. The Kier molecular flexibility index (Phi) is 5.94. The number of hydrogen-bond donors (Lipinski definition) is 0. The molecule has 0 aliphatic carbocycles. The Morgan fingerprint density at radius 3 is 2.42 bits per heavy atom. The lowest BCUT2D eigenvalue weighted by Crippen LogP contribution is -2.38. The van der Waals surface area contributed by atoms with Crippen LogP contribution < -0.4 is 0 Å². The molecule has 0 N–H and O–H groups in total. The molecule has 0 fully saturated rings. The van der Waals surface area contributed by atoms with Gasteiger partial charge < -0.3 is 0 Å². The van der Waals surface area contributed by atoms with Crippen molar-refractivity contribution in [3.8, 4) is 0 Å². The number of unbranched alkanes of at least 4 members (excludes halogenated alkanes) is 2. The van der Waals surface area contributed by atoms with Crippen LogP contribution in [0.15, 0.2) is 9.63 Å². The highest BCUT2D eigenvalue weighted by Gasteiger charge is 2.32. The highest BCUT2D eigenvalue weighted by Crippen LogP contribution is 2.24. The van der Waals surface area contributed by atoms with Crippen molar-refractivity contribution in [2.75, 3.05) is 6.54 Å². The molecular weight excluding hydrogens is 332 g/mol. The summed E-state index contributed by atoms with van der Waals surface area (Å²) < 4.78 is 28.4. The minimum absolute atomic E-state index is 0.0938. The van der Waals surface area contributed by atoms with E-state index < -0.39 is 10.0 Å². The van der Waals surface area contributed by atoms with Crippen LogP contribution in [0.5, 0.6) is 0 Å². The first-order chi connectivity index (χ1) is 8.82. The summed E-state index contributed by atoms with van der Waals surface area (Å²) >= 11 is 3.15. The molecule has 1 aromatic rings. The summed E-state index contributed by atoms with van der Waals surface area (Å²) in [4.78, 5) is 0. The molecule has 110 valence electrons. The molecule has 0 saturated heterocycles. The predicted molar refractivity (Wildman–Crippen MR) is 77.3 cm³/mol. The number of halogens is 1. The zero-order valence-electron chi connectivity index (χ0n) is 11.8. The van der Waals surface area contributed by atoms with Gasteiger partial charge in [0.15, 0.2) is 4.60 Å². The minimum atomic E-state index is -3.57. The van der Waals surface area contributed by atoms with Crippen LogP contribution in [0.25, 0.3) is 0 Å². The van der Waals surface area contributed by atoms with Gasteiger partial charge in [-0.05, 0) is 36.2 Å². The molecule has 0 atom stereocenters. The molecule has 6 nitrogen and oxygen atoms in total. The van der Waals surface area contributed by atoms with Crippen molar-refractivity contribution in [2.24, 2.45) is 7.05 Å². The van der Waals surface area contributed by atoms with Gasteiger partial charge in [-0.25, -0.2) is 13.1 Å². The number of rotatable bonds is 7. The van der Waals surface area contributed by atoms with Crippen molar-refractivity contribution < 1.29 is 8.42 Å². The average Bonchev–Trinajstić information content (AvgIpc) is 2.64. The molecule has 0 saturated carbocycles. The smallest absolute Gasteiger partial charge is 0.235 e. The molecule has 0 aliphatic rings. The highest BCUT2D eigenvalue weighted by atomic mass is 79.9. The van der Waals surface area contributed by atoms with Crippen LogP contribution in [0.2, 0.25) is 0 Å². The fraction of sp³-hybridized carbons (Fsp3) is 0.818. The number of hydrogen-bond acceptors (Lipinski definition) is 4. The molecule has 1 rings (SSSR count). The van der Waals surface area contributed by atoms with Gasteiger partial charge in [0.2, 0.25) is 5.03 Å². The van der Waals surface area contributed by atoms with E-state index in [2.05, 4.69) is 33.2 Å². The second-order valence-corrected chi connectivity index (χ2v) is 7.28. The molecule has 0 unspecified atom stereocenters. The first kappa shape index (κ1) is 16.6. The van der Waals surface area contributed by atoms with Gasteiger partial charge in [-0.15, -0.1) is 5.10 Å². The third-order valence-electron chi connectivity index (χ3n) is 2.85. The van der Waals surface area contributed by atoms with Crippen molar-refractivity contribution in [2.45, 2.75) is 51.1 Å². The third-order valence-corrected chi connectivity index (χ3v) is 5.81. The van der Waals surface area contributed by atoms with Crippen LogP contribution in [-0.4, -0.2) is 40.3 Å². The molecule has 0 bridgehead atoms. The molecule has 0 radical (unpaired) electrons. The molecule has 0 amide bonds. The topological polar surface area (TPSA) is 68.1 Å². The van der Waals surface area contributed by atoms with Crippen molar-refractivity contribution >= 4 is 26.0 Å². The van der Waals surface area contributed by atoms with Gasteiger partial charge in [0.05, 0.1) is 0 Å². The van der Waals surface area contributed by atoms with Crippen LogP contribution in [-0.2, 0) is 17.1 Å². The fourth-order valence-electron chi connectivity index (χ4n) is 1.88. The average molecular weight is 353 g/mol. The third kappa shape index (κ3) is 3.76. The lowest BCUT2D eigenvalue weighted by Gasteiger charge is -2.25. The van der Waals surface area contributed by atoms with Crippen LogP contribution in [0.1, 0.15) is 40.0 Å². The van der Waals surface area contributed by atoms with Crippen molar-refractivity contribution in [3.05, 3.63) is 4.60 Å². The quantitative estimate of drug-likeness (QED) is 0.705. The SMILES string of the molecule is CCCCCN(C(C)C)S(=O)(=O)c1c(Br)nnn1C. The summed E-state index contributed by atoms with van der Waals surface area (Å²) in [6.45, 7) is 6.36. The van der Waals surface area contributed by atoms with E-state index in [1.807, 2.05) is 13.8 Å². The minimum Gasteiger partial charge on any atom is -0.235 e. The molecule has 1 aromatic heterocycles. The Hall–Kier alpha value is -0.470. The normalized spacial score (nSPS) is 12.6. The zero-order chi connectivity index (χ0) is 14.6. The largest absolute Gasteiger partial charge is 0.263 e. The van der Waals surface area contributed by atoms with Crippen molar-refractivity contribution in [3.63, 3.8) is 0 Å².